The van der Waals surface area contributed by atoms with E-state index in [2.05, 4.69) is 22.4 Å². The molecular formula is C21H24N4O2S. The number of carbonyl (C=O) groups is 1. The Hall–Kier alpha value is -2.80. The van der Waals surface area contributed by atoms with E-state index >= 15 is 0 Å². The van der Waals surface area contributed by atoms with Crippen LogP contribution in [-0.2, 0) is 18.3 Å². The molecule has 1 aromatic heterocycles. The molecule has 6 nitrogen and oxygen atoms in total. The molecule has 0 spiro atoms. The molecule has 0 aliphatic heterocycles. The summed E-state index contributed by atoms with van der Waals surface area (Å²) in [6.07, 6.45) is 0.727. The van der Waals surface area contributed by atoms with E-state index in [1.165, 1.54) is 17.3 Å². The number of carbonyl (C=O) groups excluding carboxylic acids is 1. The van der Waals surface area contributed by atoms with Crippen LogP contribution in [0.5, 0.6) is 5.75 Å². The van der Waals surface area contributed by atoms with Gasteiger partial charge in [0.15, 0.2) is 17.1 Å². The third kappa shape index (κ3) is 5.13. The first-order valence-corrected chi connectivity index (χ1v) is 10.2. The average Bonchev–Trinajstić information content (AvgIpc) is 3.08. The number of nitrogens with one attached hydrogen (secondary N) is 1. The molecule has 0 aliphatic rings. The number of thioether (sulfide) groups is 1. The van der Waals surface area contributed by atoms with E-state index in [1.807, 2.05) is 73.1 Å². The highest BCUT2D eigenvalue weighted by molar-refractivity contribution is 7.99. The third-order valence-electron chi connectivity index (χ3n) is 4.27. The minimum absolute atomic E-state index is 0.0765. The summed E-state index contributed by atoms with van der Waals surface area (Å²) in [6.45, 7) is 4.03. The lowest BCUT2D eigenvalue weighted by Crippen LogP contribution is -2.15. The summed E-state index contributed by atoms with van der Waals surface area (Å²) in [5.74, 6) is 1.67. The van der Waals surface area contributed by atoms with Crippen molar-refractivity contribution in [1.29, 1.82) is 0 Å². The SMILES string of the molecule is CCc1ccc(NC(=O)CSc2nnc(C(C)Oc3ccccc3)n2C)cc1. The molecular weight excluding hydrogens is 372 g/mol. The second-order valence-electron chi connectivity index (χ2n) is 6.36. The van der Waals surface area contributed by atoms with Crippen molar-refractivity contribution in [3.63, 3.8) is 0 Å². The number of amides is 1. The summed E-state index contributed by atoms with van der Waals surface area (Å²) in [5.41, 5.74) is 2.04. The zero-order valence-electron chi connectivity index (χ0n) is 16.3. The molecule has 0 aliphatic carbocycles. The van der Waals surface area contributed by atoms with Crippen molar-refractivity contribution >= 4 is 23.4 Å². The largest absolute Gasteiger partial charge is 0.483 e. The van der Waals surface area contributed by atoms with Crippen molar-refractivity contribution in [1.82, 2.24) is 14.8 Å². The Balaban J connectivity index is 1.55. The van der Waals surface area contributed by atoms with Gasteiger partial charge in [-0.1, -0.05) is 49.0 Å². The standard InChI is InChI=1S/C21H24N4O2S/c1-4-16-10-12-17(13-11-16)22-19(26)14-28-21-24-23-20(25(21)3)15(2)27-18-8-6-5-7-9-18/h5-13,15H,4,14H2,1-3H3,(H,22,26). The van der Waals surface area contributed by atoms with Crippen molar-refractivity contribution in [2.45, 2.75) is 31.5 Å². The van der Waals surface area contributed by atoms with Crippen LogP contribution in [0.4, 0.5) is 5.69 Å². The van der Waals surface area contributed by atoms with Crippen molar-refractivity contribution in [3.8, 4) is 5.75 Å². The maximum absolute atomic E-state index is 12.2. The minimum Gasteiger partial charge on any atom is -0.483 e. The highest BCUT2D eigenvalue weighted by Gasteiger charge is 2.18. The van der Waals surface area contributed by atoms with E-state index in [0.717, 1.165) is 17.9 Å². The summed E-state index contributed by atoms with van der Waals surface area (Å²) >= 11 is 1.35. The number of aryl methyl sites for hydroxylation is 1. The van der Waals surface area contributed by atoms with Gasteiger partial charge in [0.25, 0.3) is 0 Å². The topological polar surface area (TPSA) is 69.0 Å². The second kappa shape index (κ2) is 9.41. The van der Waals surface area contributed by atoms with Gasteiger partial charge in [0.2, 0.25) is 5.91 Å². The number of rotatable bonds is 8. The molecule has 28 heavy (non-hydrogen) atoms. The normalized spacial score (nSPS) is 11.8. The molecule has 146 valence electrons. The van der Waals surface area contributed by atoms with Gasteiger partial charge in [0, 0.05) is 12.7 Å². The van der Waals surface area contributed by atoms with E-state index in [-0.39, 0.29) is 17.8 Å². The minimum atomic E-state index is -0.250. The maximum Gasteiger partial charge on any atom is 0.234 e. The Labute approximate surface area is 169 Å². The monoisotopic (exact) mass is 396 g/mol. The van der Waals surface area contributed by atoms with Gasteiger partial charge < -0.3 is 14.6 Å². The number of nitrogens with zero attached hydrogens (tertiary/aromatic N) is 3. The fraction of sp³-hybridized carbons (Fsp3) is 0.286. The molecule has 1 heterocycles. The number of benzene rings is 2. The highest BCUT2D eigenvalue weighted by Crippen LogP contribution is 2.23. The van der Waals surface area contributed by atoms with Gasteiger partial charge in [-0.25, -0.2) is 0 Å². The number of hydrogen-bond acceptors (Lipinski definition) is 5. The number of anilines is 1. The van der Waals surface area contributed by atoms with Gasteiger partial charge >= 0.3 is 0 Å². The Morgan fingerprint density at radius 2 is 1.86 bits per heavy atom. The Morgan fingerprint density at radius 3 is 2.54 bits per heavy atom. The summed E-state index contributed by atoms with van der Waals surface area (Å²) < 4.78 is 7.77. The van der Waals surface area contributed by atoms with Crippen molar-refractivity contribution in [2.75, 3.05) is 11.1 Å². The van der Waals surface area contributed by atoms with Crippen LogP contribution in [-0.4, -0.2) is 26.4 Å². The van der Waals surface area contributed by atoms with Gasteiger partial charge in [-0.2, -0.15) is 0 Å². The molecule has 1 atom stereocenters. The van der Waals surface area contributed by atoms with E-state index < -0.39 is 0 Å². The fourth-order valence-corrected chi connectivity index (χ4v) is 3.43. The van der Waals surface area contributed by atoms with E-state index in [1.54, 1.807) is 0 Å². The molecule has 7 heteroatoms. The molecule has 0 saturated carbocycles. The summed E-state index contributed by atoms with van der Waals surface area (Å²) in [5, 5.41) is 12.0. The van der Waals surface area contributed by atoms with Gasteiger partial charge in [-0.3, -0.25) is 4.79 Å². The van der Waals surface area contributed by atoms with Gasteiger partial charge in [-0.05, 0) is 43.2 Å². The molecule has 0 fully saturated rings. The molecule has 0 saturated heterocycles. The van der Waals surface area contributed by atoms with E-state index in [9.17, 15) is 4.79 Å². The lowest BCUT2D eigenvalue weighted by molar-refractivity contribution is -0.113. The maximum atomic E-state index is 12.2. The van der Waals surface area contributed by atoms with Crippen molar-refractivity contribution in [2.24, 2.45) is 7.05 Å². The smallest absolute Gasteiger partial charge is 0.234 e. The Bertz CT molecular complexity index is 910. The van der Waals surface area contributed by atoms with E-state index in [0.29, 0.717) is 11.0 Å². The van der Waals surface area contributed by atoms with Crippen molar-refractivity contribution < 1.29 is 9.53 Å². The quantitative estimate of drug-likeness (QED) is 0.577. The summed E-state index contributed by atoms with van der Waals surface area (Å²) in [4.78, 5) is 12.2. The van der Waals surface area contributed by atoms with Crippen LogP contribution in [0.1, 0.15) is 31.3 Å². The first-order chi connectivity index (χ1) is 13.6. The summed E-state index contributed by atoms with van der Waals surface area (Å²) in [6, 6.07) is 17.5. The van der Waals surface area contributed by atoms with Crippen LogP contribution in [0.3, 0.4) is 0 Å². The lowest BCUT2D eigenvalue weighted by Gasteiger charge is -2.14. The Morgan fingerprint density at radius 1 is 1.14 bits per heavy atom. The molecule has 0 radical (unpaired) electrons. The van der Waals surface area contributed by atoms with Gasteiger partial charge in [0.1, 0.15) is 5.75 Å². The number of hydrogen-bond donors (Lipinski definition) is 1. The molecule has 1 N–H and O–H groups in total. The predicted octanol–water partition coefficient (Wildman–Crippen LogP) is 4.25. The molecule has 3 rings (SSSR count). The van der Waals surface area contributed by atoms with E-state index in [4.69, 9.17) is 4.74 Å². The van der Waals surface area contributed by atoms with Crippen molar-refractivity contribution in [3.05, 3.63) is 66.0 Å². The molecule has 2 aromatic carbocycles. The first kappa shape index (κ1) is 19.9. The number of aromatic nitrogens is 3. The van der Waals surface area contributed by atoms with Crippen LogP contribution in [0.15, 0.2) is 59.8 Å². The third-order valence-corrected chi connectivity index (χ3v) is 5.29. The van der Waals surface area contributed by atoms with Crippen LogP contribution in [0, 0.1) is 0 Å². The molecule has 1 unspecified atom stereocenters. The number of ether oxygens (including phenoxy) is 1. The van der Waals surface area contributed by atoms with Crippen LogP contribution < -0.4 is 10.1 Å². The molecule has 0 bridgehead atoms. The zero-order valence-corrected chi connectivity index (χ0v) is 17.1. The highest BCUT2D eigenvalue weighted by atomic mass is 32.2. The first-order valence-electron chi connectivity index (χ1n) is 9.19. The Kier molecular flexibility index (Phi) is 6.71. The molecule has 1 amide bonds. The van der Waals surface area contributed by atoms with Crippen LogP contribution >= 0.6 is 11.8 Å². The summed E-state index contributed by atoms with van der Waals surface area (Å²) in [7, 11) is 1.88. The van der Waals surface area contributed by atoms with Gasteiger partial charge in [-0.15, -0.1) is 10.2 Å². The van der Waals surface area contributed by atoms with Crippen LogP contribution in [0.2, 0.25) is 0 Å². The number of para-hydroxylation sites is 1. The van der Waals surface area contributed by atoms with Crippen LogP contribution in [0.25, 0.3) is 0 Å². The second-order valence-corrected chi connectivity index (χ2v) is 7.30. The lowest BCUT2D eigenvalue weighted by atomic mass is 10.1. The van der Waals surface area contributed by atoms with Gasteiger partial charge in [0.05, 0.1) is 5.75 Å². The fourth-order valence-electron chi connectivity index (χ4n) is 2.71. The zero-order chi connectivity index (χ0) is 19.9. The average molecular weight is 397 g/mol. The predicted molar refractivity (Wildman–Crippen MR) is 112 cm³/mol. The molecule has 3 aromatic rings.